The first-order chi connectivity index (χ1) is 11.1. The van der Waals surface area contributed by atoms with Crippen molar-refractivity contribution in [1.82, 2.24) is 0 Å². The molecule has 0 saturated carbocycles. The standard InChI is InChI=1S/C19H17BrO3/c1-22-18-8-7-12-5-3-4-6-14(12)15(18)9-13-10-16(20)19(23-2)11-17(13)21/h3-8,10-11,21H,9H2,1-2H3. The highest BCUT2D eigenvalue weighted by atomic mass is 79.9. The van der Waals surface area contributed by atoms with E-state index >= 15 is 0 Å². The number of hydrogen-bond acceptors (Lipinski definition) is 3. The van der Waals surface area contributed by atoms with Gasteiger partial charge in [-0.15, -0.1) is 0 Å². The zero-order chi connectivity index (χ0) is 16.4. The van der Waals surface area contributed by atoms with Gasteiger partial charge in [-0.05, 0) is 44.4 Å². The smallest absolute Gasteiger partial charge is 0.136 e. The first-order valence-corrected chi connectivity index (χ1v) is 8.03. The second kappa shape index (κ2) is 6.50. The highest BCUT2D eigenvalue weighted by molar-refractivity contribution is 9.10. The number of fused-ring (bicyclic) bond motifs is 1. The van der Waals surface area contributed by atoms with Crippen LogP contribution in [0.4, 0.5) is 0 Å². The Labute approximate surface area is 143 Å². The zero-order valence-electron chi connectivity index (χ0n) is 13.0. The molecular weight excluding hydrogens is 356 g/mol. The molecule has 0 heterocycles. The fourth-order valence-corrected chi connectivity index (χ4v) is 3.31. The van der Waals surface area contributed by atoms with Gasteiger partial charge in [0.25, 0.3) is 0 Å². The molecule has 0 aliphatic heterocycles. The van der Waals surface area contributed by atoms with E-state index in [9.17, 15) is 5.11 Å². The minimum atomic E-state index is 0.208. The number of aromatic hydroxyl groups is 1. The molecule has 3 aromatic carbocycles. The highest BCUT2D eigenvalue weighted by Gasteiger charge is 2.14. The predicted octanol–water partition coefficient (Wildman–Crippen LogP) is 4.92. The molecule has 0 atom stereocenters. The third-order valence-corrected chi connectivity index (χ3v) is 4.56. The second-order valence-corrected chi connectivity index (χ2v) is 6.11. The summed E-state index contributed by atoms with van der Waals surface area (Å²) < 4.78 is 11.5. The maximum absolute atomic E-state index is 10.3. The predicted molar refractivity (Wildman–Crippen MR) is 95.7 cm³/mol. The van der Waals surface area contributed by atoms with Crippen LogP contribution in [0.1, 0.15) is 11.1 Å². The molecule has 0 fully saturated rings. The van der Waals surface area contributed by atoms with Crippen LogP contribution in [-0.4, -0.2) is 19.3 Å². The van der Waals surface area contributed by atoms with Crippen LogP contribution >= 0.6 is 15.9 Å². The molecule has 3 rings (SSSR count). The Bertz CT molecular complexity index is 859. The van der Waals surface area contributed by atoms with Crippen LogP contribution in [0, 0.1) is 0 Å². The fraction of sp³-hybridized carbons (Fsp3) is 0.158. The number of halogens is 1. The number of benzene rings is 3. The van der Waals surface area contributed by atoms with Crippen molar-refractivity contribution in [2.24, 2.45) is 0 Å². The summed E-state index contributed by atoms with van der Waals surface area (Å²) in [6.07, 6.45) is 0.568. The van der Waals surface area contributed by atoms with Crippen molar-refractivity contribution in [1.29, 1.82) is 0 Å². The molecule has 0 amide bonds. The summed E-state index contributed by atoms with van der Waals surface area (Å²) >= 11 is 3.47. The van der Waals surface area contributed by atoms with E-state index in [2.05, 4.69) is 28.1 Å². The van der Waals surface area contributed by atoms with Crippen molar-refractivity contribution in [2.45, 2.75) is 6.42 Å². The lowest BCUT2D eigenvalue weighted by Crippen LogP contribution is -1.97. The van der Waals surface area contributed by atoms with Crippen molar-refractivity contribution in [3.05, 3.63) is 64.1 Å². The summed E-state index contributed by atoms with van der Waals surface area (Å²) in [7, 11) is 3.24. The Hall–Kier alpha value is -2.20. The Morgan fingerprint density at radius 1 is 0.957 bits per heavy atom. The second-order valence-electron chi connectivity index (χ2n) is 5.26. The Morgan fingerprint density at radius 3 is 2.43 bits per heavy atom. The molecular formula is C19H17BrO3. The monoisotopic (exact) mass is 372 g/mol. The zero-order valence-corrected chi connectivity index (χ0v) is 14.6. The van der Waals surface area contributed by atoms with Gasteiger partial charge in [-0.2, -0.15) is 0 Å². The molecule has 0 bridgehead atoms. The van der Waals surface area contributed by atoms with Crippen molar-refractivity contribution < 1.29 is 14.6 Å². The summed E-state index contributed by atoms with van der Waals surface area (Å²) in [5.41, 5.74) is 1.87. The lowest BCUT2D eigenvalue weighted by molar-refractivity contribution is 0.403. The van der Waals surface area contributed by atoms with E-state index in [1.54, 1.807) is 20.3 Å². The molecule has 0 spiro atoms. The van der Waals surface area contributed by atoms with Gasteiger partial charge in [-0.1, -0.05) is 30.3 Å². The Balaban J connectivity index is 2.13. The number of phenols is 1. The van der Waals surface area contributed by atoms with Crippen molar-refractivity contribution >= 4 is 26.7 Å². The molecule has 1 N–H and O–H groups in total. The summed E-state index contributed by atoms with van der Waals surface area (Å²) in [6.45, 7) is 0. The lowest BCUT2D eigenvalue weighted by Gasteiger charge is -2.14. The van der Waals surface area contributed by atoms with Gasteiger partial charge >= 0.3 is 0 Å². The first-order valence-electron chi connectivity index (χ1n) is 7.24. The number of methoxy groups -OCH3 is 2. The van der Waals surface area contributed by atoms with Crippen LogP contribution in [0.25, 0.3) is 10.8 Å². The number of hydrogen-bond donors (Lipinski definition) is 1. The number of phenolic OH excluding ortho intramolecular Hbond substituents is 1. The van der Waals surface area contributed by atoms with Crippen LogP contribution in [0.3, 0.4) is 0 Å². The van der Waals surface area contributed by atoms with Gasteiger partial charge in [0.2, 0.25) is 0 Å². The summed E-state index contributed by atoms with van der Waals surface area (Å²) in [5.74, 6) is 1.63. The average Bonchev–Trinajstić information content (AvgIpc) is 2.58. The highest BCUT2D eigenvalue weighted by Crippen LogP contribution is 2.36. The van der Waals surface area contributed by atoms with Crippen molar-refractivity contribution in [2.75, 3.05) is 14.2 Å². The van der Waals surface area contributed by atoms with Crippen LogP contribution < -0.4 is 9.47 Å². The lowest BCUT2D eigenvalue weighted by atomic mass is 9.97. The molecule has 0 saturated heterocycles. The molecule has 4 heteroatoms. The van der Waals surface area contributed by atoms with E-state index in [4.69, 9.17) is 9.47 Å². The van der Waals surface area contributed by atoms with E-state index in [0.29, 0.717) is 12.2 Å². The van der Waals surface area contributed by atoms with E-state index in [0.717, 1.165) is 32.1 Å². The van der Waals surface area contributed by atoms with Crippen LogP contribution in [0.2, 0.25) is 0 Å². The van der Waals surface area contributed by atoms with Crippen LogP contribution in [0.15, 0.2) is 53.0 Å². The molecule has 3 nitrogen and oxygen atoms in total. The largest absolute Gasteiger partial charge is 0.508 e. The SMILES string of the molecule is COc1cc(O)c(Cc2c(OC)ccc3ccccc23)cc1Br. The maximum atomic E-state index is 10.3. The van der Waals surface area contributed by atoms with Gasteiger partial charge in [-0.25, -0.2) is 0 Å². The topological polar surface area (TPSA) is 38.7 Å². The van der Waals surface area contributed by atoms with E-state index < -0.39 is 0 Å². The summed E-state index contributed by atoms with van der Waals surface area (Å²) in [4.78, 5) is 0. The van der Waals surface area contributed by atoms with Gasteiger partial charge in [-0.3, -0.25) is 0 Å². The van der Waals surface area contributed by atoms with Crippen LogP contribution in [0.5, 0.6) is 17.2 Å². The molecule has 0 radical (unpaired) electrons. The Kier molecular flexibility index (Phi) is 4.44. The first kappa shape index (κ1) is 15.7. The van der Waals surface area contributed by atoms with Gasteiger partial charge in [0.05, 0.1) is 18.7 Å². The van der Waals surface area contributed by atoms with E-state index in [-0.39, 0.29) is 5.75 Å². The third kappa shape index (κ3) is 2.99. The molecule has 0 aliphatic rings. The average molecular weight is 373 g/mol. The minimum Gasteiger partial charge on any atom is -0.508 e. The van der Waals surface area contributed by atoms with Crippen molar-refractivity contribution in [3.8, 4) is 17.2 Å². The third-order valence-electron chi connectivity index (χ3n) is 3.94. The fourth-order valence-electron chi connectivity index (χ4n) is 2.76. The van der Waals surface area contributed by atoms with Gasteiger partial charge < -0.3 is 14.6 Å². The molecule has 3 aromatic rings. The van der Waals surface area contributed by atoms with Crippen LogP contribution in [-0.2, 0) is 6.42 Å². The molecule has 0 unspecified atom stereocenters. The van der Waals surface area contributed by atoms with E-state index in [1.807, 2.05) is 30.3 Å². The minimum absolute atomic E-state index is 0.208. The Morgan fingerprint density at radius 2 is 1.70 bits per heavy atom. The quantitative estimate of drug-likeness (QED) is 0.706. The molecule has 118 valence electrons. The molecule has 0 aromatic heterocycles. The number of rotatable bonds is 4. The van der Waals surface area contributed by atoms with Gasteiger partial charge in [0.15, 0.2) is 0 Å². The van der Waals surface area contributed by atoms with E-state index in [1.165, 1.54) is 0 Å². The molecule has 0 aliphatic carbocycles. The summed E-state index contributed by atoms with van der Waals surface area (Å²) in [6, 6.07) is 15.7. The van der Waals surface area contributed by atoms with Gasteiger partial charge in [0, 0.05) is 18.1 Å². The van der Waals surface area contributed by atoms with Crippen molar-refractivity contribution in [3.63, 3.8) is 0 Å². The summed E-state index contributed by atoms with van der Waals surface area (Å²) in [5, 5.41) is 12.6. The normalized spacial score (nSPS) is 10.7. The molecule has 23 heavy (non-hydrogen) atoms. The number of ether oxygens (including phenoxy) is 2. The van der Waals surface area contributed by atoms with Gasteiger partial charge in [0.1, 0.15) is 17.2 Å². The maximum Gasteiger partial charge on any atom is 0.136 e.